The van der Waals surface area contributed by atoms with Crippen molar-refractivity contribution in [2.45, 2.75) is 40.3 Å². The first kappa shape index (κ1) is 15.1. The largest absolute Gasteiger partial charge is 0.488 e. The number of thiophene rings is 1. The van der Waals surface area contributed by atoms with Gasteiger partial charge in [0.1, 0.15) is 12.4 Å². The van der Waals surface area contributed by atoms with Crippen molar-refractivity contribution in [2.75, 3.05) is 7.05 Å². The second-order valence-corrected chi connectivity index (χ2v) is 6.35. The zero-order valence-electron chi connectivity index (χ0n) is 12.7. The number of nitrogens with one attached hydrogen (secondary N) is 1. The number of benzene rings is 1. The molecular formula is C17H23NOS. The van der Waals surface area contributed by atoms with Gasteiger partial charge in [0.05, 0.1) is 0 Å². The molecule has 0 aliphatic carbocycles. The molecule has 0 amide bonds. The highest BCUT2D eigenvalue weighted by atomic mass is 32.1. The Morgan fingerprint density at radius 3 is 2.30 bits per heavy atom. The lowest BCUT2D eigenvalue weighted by atomic mass is 10.1. The minimum Gasteiger partial charge on any atom is -0.488 e. The number of aryl methyl sites for hydroxylation is 3. The monoisotopic (exact) mass is 289 g/mol. The Kier molecular flexibility index (Phi) is 5.21. The van der Waals surface area contributed by atoms with Crippen molar-refractivity contribution in [2.24, 2.45) is 0 Å². The van der Waals surface area contributed by atoms with Gasteiger partial charge in [0.15, 0.2) is 0 Å². The van der Waals surface area contributed by atoms with E-state index in [9.17, 15) is 0 Å². The molecular weight excluding hydrogens is 266 g/mol. The summed E-state index contributed by atoms with van der Waals surface area (Å²) in [5.74, 6) is 1.02. The zero-order valence-corrected chi connectivity index (χ0v) is 13.6. The second kappa shape index (κ2) is 6.91. The normalized spacial score (nSPS) is 10.8. The molecule has 3 heteroatoms. The smallest absolute Gasteiger partial charge is 0.125 e. The van der Waals surface area contributed by atoms with Gasteiger partial charge in [0.25, 0.3) is 0 Å². The summed E-state index contributed by atoms with van der Waals surface area (Å²) in [7, 11) is 1.97. The zero-order chi connectivity index (χ0) is 14.5. The van der Waals surface area contributed by atoms with E-state index in [1.54, 1.807) is 0 Å². The molecule has 0 unspecified atom stereocenters. The molecule has 1 N–H and O–H groups in total. The van der Waals surface area contributed by atoms with Crippen LogP contribution in [0, 0.1) is 13.8 Å². The van der Waals surface area contributed by atoms with Crippen molar-refractivity contribution in [3.8, 4) is 5.75 Å². The SMILES string of the molecule is CCc1ccc(COc2c(C)cc(CNC)cc2C)s1. The number of ether oxygens (including phenoxy) is 1. The fraction of sp³-hybridized carbons (Fsp3) is 0.412. The van der Waals surface area contributed by atoms with Crippen LogP contribution in [0.5, 0.6) is 5.75 Å². The minimum absolute atomic E-state index is 0.664. The van der Waals surface area contributed by atoms with E-state index in [4.69, 9.17) is 4.74 Å². The molecule has 2 rings (SSSR count). The first-order chi connectivity index (χ1) is 9.63. The average molecular weight is 289 g/mol. The van der Waals surface area contributed by atoms with Gasteiger partial charge in [-0.2, -0.15) is 0 Å². The highest BCUT2D eigenvalue weighted by molar-refractivity contribution is 7.11. The van der Waals surface area contributed by atoms with E-state index < -0.39 is 0 Å². The van der Waals surface area contributed by atoms with E-state index >= 15 is 0 Å². The van der Waals surface area contributed by atoms with Crippen LogP contribution in [0.2, 0.25) is 0 Å². The molecule has 20 heavy (non-hydrogen) atoms. The molecule has 2 aromatic rings. The quantitative estimate of drug-likeness (QED) is 0.859. The van der Waals surface area contributed by atoms with E-state index in [1.165, 1.54) is 26.4 Å². The van der Waals surface area contributed by atoms with E-state index in [2.05, 4.69) is 50.4 Å². The Bertz CT molecular complexity index is 551. The first-order valence-electron chi connectivity index (χ1n) is 7.09. The Labute approximate surface area is 125 Å². The van der Waals surface area contributed by atoms with Crippen molar-refractivity contribution in [3.05, 3.63) is 50.7 Å². The van der Waals surface area contributed by atoms with Crippen molar-refractivity contribution >= 4 is 11.3 Å². The standard InChI is InChI=1S/C17H23NOS/c1-5-15-6-7-16(20-15)11-19-17-12(2)8-14(10-18-4)9-13(17)3/h6-9,18H,5,10-11H2,1-4H3. The average Bonchev–Trinajstić information content (AvgIpc) is 2.86. The summed E-state index contributed by atoms with van der Waals surface area (Å²) >= 11 is 1.84. The van der Waals surface area contributed by atoms with Gasteiger partial charge in [0.2, 0.25) is 0 Å². The van der Waals surface area contributed by atoms with Gasteiger partial charge in [-0.15, -0.1) is 11.3 Å². The van der Waals surface area contributed by atoms with Gasteiger partial charge >= 0.3 is 0 Å². The van der Waals surface area contributed by atoms with Gasteiger partial charge in [0, 0.05) is 16.3 Å². The van der Waals surface area contributed by atoms with Gasteiger partial charge < -0.3 is 10.1 Å². The minimum atomic E-state index is 0.664. The van der Waals surface area contributed by atoms with Crippen LogP contribution in [-0.4, -0.2) is 7.05 Å². The van der Waals surface area contributed by atoms with Crippen LogP contribution < -0.4 is 10.1 Å². The molecule has 0 atom stereocenters. The molecule has 0 saturated carbocycles. The lowest BCUT2D eigenvalue weighted by Gasteiger charge is -2.13. The van der Waals surface area contributed by atoms with E-state index in [-0.39, 0.29) is 0 Å². The third-order valence-electron chi connectivity index (χ3n) is 3.33. The van der Waals surface area contributed by atoms with Crippen molar-refractivity contribution in [1.29, 1.82) is 0 Å². The number of hydrogen-bond donors (Lipinski definition) is 1. The Balaban J connectivity index is 2.09. The number of hydrogen-bond acceptors (Lipinski definition) is 3. The first-order valence-corrected chi connectivity index (χ1v) is 7.90. The maximum Gasteiger partial charge on any atom is 0.125 e. The summed E-state index contributed by atoms with van der Waals surface area (Å²) in [5.41, 5.74) is 3.73. The third kappa shape index (κ3) is 3.62. The molecule has 0 fully saturated rings. The molecule has 0 spiro atoms. The summed E-state index contributed by atoms with van der Waals surface area (Å²) in [5, 5.41) is 3.19. The molecule has 108 valence electrons. The van der Waals surface area contributed by atoms with Gasteiger partial charge in [-0.3, -0.25) is 0 Å². The molecule has 0 aliphatic heterocycles. The number of rotatable bonds is 6. The van der Waals surface area contributed by atoms with E-state index in [0.717, 1.165) is 18.7 Å². The lowest BCUT2D eigenvalue weighted by molar-refractivity contribution is 0.305. The van der Waals surface area contributed by atoms with Crippen molar-refractivity contribution < 1.29 is 4.74 Å². The van der Waals surface area contributed by atoms with Crippen LogP contribution in [0.1, 0.15) is 33.4 Å². The van der Waals surface area contributed by atoms with Crippen LogP contribution in [-0.2, 0) is 19.6 Å². The van der Waals surface area contributed by atoms with Gasteiger partial charge in [-0.05, 0) is 56.1 Å². The van der Waals surface area contributed by atoms with Crippen molar-refractivity contribution in [3.63, 3.8) is 0 Å². The highest BCUT2D eigenvalue weighted by Gasteiger charge is 2.07. The predicted molar refractivity (Wildman–Crippen MR) is 86.7 cm³/mol. The molecule has 0 bridgehead atoms. The van der Waals surface area contributed by atoms with Crippen LogP contribution in [0.25, 0.3) is 0 Å². The Morgan fingerprint density at radius 1 is 1.10 bits per heavy atom. The fourth-order valence-electron chi connectivity index (χ4n) is 2.41. The van der Waals surface area contributed by atoms with Crippen LogP contribution >= 0.6 is 11.3 Å². The van der Waals surface area contributed by atoms with Gasteiger partial charge in [-0.25, -0.2) is 0 Å². The summed E-state index contributed by atoms with van der Waals surface area (Å²) < 4.78 is 6.03. The van der Waals surface area contributed by atoms with Crippen LogP contribution in [0.3, 0.4) is 0 Å². The Hall–Kier alpha value is -1.32. The molecule has 2 nitrogen and oxygen atoms in total. The summed E-state index contributed by atoms with van der Waals surface area (Å²) in [4.78, 5) is 2.71. The maximum atomic E-state index is 6.03. The fourth-order valence-corrected chi connectivity index (χ4v) is 3.28. The molecule has 1 aromatic carbocycles. The summed E-state index contributed by atoms with van der Waals surface area (Å²) in [6.07, 6.45) is 1.10. The molecule has 1 heterocycles. The summed E-state index contributed by atoms with van der Waals surface area (Å²) in [6, 6.07) is 8.76. The lowest BCUT2D eigenvalue weighted by Crippen LogP contribution is -2.06. The van der Waals surface area contributed by atoms with Gasteiger partial charge in [-0.1, -0.05) is 19.1 Å². The molecule has 0 aliphatic rings. The molecule has 0 saturated heterocycles. The highest BCUT2D eigenvalue weighted by Crippen LogP contribution is 2.27. The van der Waals surface area contributed by atoms with Crippen LogP contribution in [0.15, 0.2) is 24.3 Å². The van der Waals surface area contributed by atoms with E-state index in [1.807, 2.05) is 18.4 Å². The van der Waals surface area contributed by atoms with E-state index in [0.29, 0.717) is 6.61 Å². The maximum absolute atomic E-state index is 6.03. The van der Waals surface area contributed by atoms with Crippen LogP contribution in [0.4, 0.5) is 0 Å². The predicted octanol–water partition coefficient (Wildman–Crippen LogP) is 4.23. The Morgan fingerprint density at radius 2 is 1.75 bits per heavy atom. The molecule has 0 radical (unpaired) electrons. The topological polar surface area (TPSA) is 21.3 Å². The molecule has 1 aromatic heterocycles. The third-order valence-corrected chi connectivity index (χ3v) is 4.53. The summed E-state index contributed by atoms with van der Waals surface area (Å²) in [6.45, 7) is 7.98. The van der Waals surface area contributed by atoms with Crippen molar-refractivity contribution in [1.82, 2.24) is 5.32 Å². The second-order valence-electron chi connectivity index (χ2n) is 5.10.